The number of allylic oxidation sites excluding steroid dienone is 1. The fourth-order valence-electron chi connectivity index (χ4n) is 0.293. The summed E-state index contributed by atoms with van der Waals surface area (Å²) >= 11 is 0. The number of rotatable bonds is 2. The molecular weight excluding hydrogens is 88.1 g/mol. The van der Waals surface area contributed by atoms with Crippen molar-refractivity contribution in [3.8, 4) is 0 Å². The fourth-order valence-corrected chi connectivity index (χ4v) is 0.293. The van der Waals surface area contributed by atoms with E-state index in [0.29, 0.717) is 5.92 Å². The molecule has 41 valence electrons. The molecule has 0 saturated carbocycles. The molecule has 0 heterocycles. The Balaban J connectivity index is 3.08. The largest absolute Gasteiger partial charge is 0.392 e. The van der Waals surface area contributed by atoms with Crippen LogP contribution in [0.1, 0.15) is 6.92 Å². The maximum atomic E-state index is 8.20. The molecule has 0 spiro atoms. The normalized spacial score (nSPS) is 11.4. The van der Waals surface area contributed by atoms with Gasteiger partial charge in [0.25, 0.3) is 0 Å². The Bertz CT molecular complexity index is 55.2. The van der Waals surface area contributed by atoms with E-state index in [1.165, 1.54) is 0 Å². The van der Waals surface area contributed by atoms with Gasteiger partial charge in [-0.05, 0) is 12.8 Å². The smallest absolute Gasteiger partial charge is 0.0612 e. The first kappa shape index (κ1) is 6.70. The van der Waals surface area contributed by atoms with Gasteiger partial charge in [0, 0.05) is 0 Å². The summed E-state index contributed by atoms with van der Waals surface area (Å²) < 4.78 is 0. The topological polar surface area (TPSA) is 20.2 Å². The van der Waals surface area contributed by atoms with Crippen molar-refractivity contribution < 1.29 is 5.11 Å². The summed E-state index contributed by atoms with van der Waals surface area (Å²) in [5.41, 5.74) is 0. The van der Waals surface area contributed by atoms with E-state index in [1.807, 2.05) is 13.0 Å². The molecule has 0 aliphatic carbocycles. The second-order valence-corrected chi connectivity index (χ2v) is 1.59. The second-order valence-electron chi connectivity index (χ2n) is 1.59. The summed E-state index contributed by atoms with van der Waals surface area (Å²) in [6.45, 7) is 5.77. The third-order valence-electron chi connectivity index (χ3n) is 0.570. The Kier molecular flexibility index (Phi) is 3.71. The van der Waals surface area contributed by atoms with Crippen molar-refractivity contribution in [2.75, 3.05) is 6.61 Å². The average molecular weight is 99.2 g/mol. The molecule has 0 aliphatic heterocycles. The number of aliphatic hydroxyl groups is 1. The van der Waals surface area contributed by atoms with Gasteiger partial charge in [0.2, 0.25) is 0 Å². The monoisotopic (exact) mass is 99.1 g/mol. The maximum absolute atomic E-state index is 8.20. The summed E-state index contributed by atoms with van der Waals surface area (Å²) in [5, 5.41) is 8.20. The fraction of sp³-hybridized carbons (Fsp3) is 0.500. The SMILES string of the molecule is [CH2]C(C)C=CCO. The summed E-state index contributed by atoms with van der Waals surface area (Å²) in [6.07, 6.45) is 3.55. The van der Waals surface area contributed by atoms with E-state index in [9.17, 15) is 0 Å². The lowest BCUT2D eigenvalue weighted by Gasteiger charge is -1.88. The molecule has 1 N–H and O–H groups in total. The summed E-state index contributed by atoms with van der Waals surface area (Å²) in [7, 11) is 0. The van der Waals surface area contributed by atoms with Gasteiger partial charge in [0.05, 0.1) is 6.61 Å². The third kappa shape index (κ3) is 5.70. The zero-order valence-corrected chi connectivity index (χ0v) is 4.59. The molecule has 1 heteroatoms. The van der Waals surface area contributed by atoms with Crippen molar-refractivity contribution in [3.63, 3.8) is 0 Å². The second kappa shape index (κ2) is 3.88. The Labute approximate surface area is 44.7 Å². The van der Waals surface area contributed by atoms with Crippen LogP contribution in [0.3, 0.4) is 0 Å². The number of hydrogen-bond donors (Lipinski definition) is 1. The van der Waals surface area contributed by atoms with Crippen LogP contribution in [0.25, 0.3) is 0 Å². The Morgan fingerprint density at radius 3 is 2.57 bits per heavy atom. The predicted octanol–water partition coefficient (Wildman–Crippen LogP) is 1.01. The highest BCUT2D eigenvalue weighted by Crippen LogP contribution is 1.90. The minimum atomic E-state index is 0.125. The van der Waals surface area contributed by atoms with Crippen LogP contribution in [0, 0.1) is 12.8 Å². The van der Waals surface area contributed by atoms with E-state index in [-0.39, 0.29) is 6.61 Å². The van der Waals surface area contributed by atoms with Crippen molar-refractivity contribution in [3.05, 3.63) is 19.1 Å². The molecule has 0 saturated heterocycles. The van der Waals surface area contributed by atoms with Crippen molar-refractivity contribution in [1.29, 1.82) is 0 Å². The lowest BCUT2D eigenvalue weighted by Crippen LogP contribution is -1.79. The zero-order valence-electron chi connectivity index (χ0n) is 4.59. The number of hydrogen-bond acceptors (Lipinski definition) is 1. The van der Waals surface area contributed by atoms with Crippen LogP contribution in [-0.4, -0.2) is 11.7 Å². The summed E-state index contributed by atoms with van der Waals surface area (Å²) in [5.74, 6) is 0.312. The van der Waals surface area contributed by atoms with Crippen molar-refractivity contribution in [1.82, 2.24) is 0 Å². The lowest BCUT2D eigenvalue weighted by molar-refractivity contribution is 0.342. The molecule has 1 nitrogen and oxygen atoms in total. The highest BCUT2D eigenvalue weighted by Gasteiger charge is 1.79. The predicted molar refractivity (Wildman–Crippen MR) is 30.7 cm³/mol. The highest BCUT2D eigenvalue weighted by molar-refractivity contribution is 4.86. The van der Waals surface area contributed by atoms with Crippen LogP contribution in [0.4, 0.5) is 0 Å². The average Bonchev–Trinajstić information content (AvgIpc) is 1.61. The Morgan fingerprint density at radius 2 is 2.43 bits per heavy atom. The minimum absolute atomic E-state index is 0.125. The third-order valence-corrected chi connectivity index (χ3v) is 0.570. The molecule has 0 aromatic carbocycles. The van der Waals surface area contributed by atoms with Crippen LogP contribution < -0.4 is 0 Å². The van der Waals surface area contributed by atoms with Crippen molar-refractivity contribution >= 4 is 0 Å². The molecule has 1 atom stereocenters. The molecule has 0 rings (SSSR count). The standard InChI is InChI=1S/C6H11O/c1-6(2)4-3-5-7/h3-4,6-7H,1,5H2,2H3. The Morgan fingerprint density at radius 1 is 1.86 bits per heavy atom. The van der Waals surface area contributed by atoms with E-state index in [4.69, 9.17) is 5.11 Å². The molecule has 1 radical (unpaired) electrons. The van der Waals surface area contributed by atoms with E-state index in [1.54, 1.807) is 6.08 Å². The van der Waals surface area contributed by atoms with Crippen LogP contribution in [-0.2, 0) is 0 Å². The van der Waals surface area contributed by atoms with Gasteiger partial charge < -0.3 is 5.11 Å². The van der Waals surface area contributed by atoms with Gasteiger partial charge in [-0.3, -0.25) is 0 Å². The molecule has 0 aliphatic rings. The first-order valence-electron chi connectivity index (χ1n) is 2.38. The first-order chi connectivity index (χ1) is 3.27. The van der Waals surface area contributed by atoms with E-state index < -0.39 is 0 Å². The van der Waals surface area contributed by atoms with Gasteiger partial charge in [-0.1, -0.05) is 19.1 Å². The molecule has 0 aromatic heterocycles. The van der Waals surface area contributed by atoms with E-state index in [2.05, 4.69) is 6.92 Å². The van der Waals surface area contributed by atoms with Crippen LogP contribution >= 0.6 is 0 Å². The molecule has 0 amide bonds. The van der Waals surface area contributed by atoms with Crippen molar-refractivity contribution in [2.45, 2.75) is 6.92 Å². The molecule has 1 unspecified atom stereocenters. The van der Waals surface area contributed by atoms with Gasteiger partial charge in [-0.25, -0.2) is 0 Å². The highest BCUT2D eigenvalue weighted by atomic mass is 16.2. The van der Waals surface area contributed by atoms with Crippen LogP contribution in [0.5, 0.6) is 0 Å². The quantitative estimate of drug-likeness (QED) is 0.512. The van der Waals surface area contributed by atoms with E-state index in [0.717, 1.165) is 0 Å². The van der Waals surface area contributed by atoms with E-state index >= 15 is 0 Å². The molecule has 0 bridgehead atoms. The van der Waals surface area contributed by atoms with Gasteiger partial charge in [-0.15, -0.1) is 0 Å². The zero-order chi connectivity index (χ0) is 5.70. The molecule has 7 heavy (non-hydrogen) atoms. The lowest BCUT2D eigenvalue weighted by atomic mass is 10.2. The van der Waals surface area contributed by atoms with Crippen LogP contribution in [0.2, 0.25) is 0 Å². The molecule has 0 aromatic rings. The van der Waals surface area contributed by atoms with Gasteiger partial charge in [0.1, 0.15) is 0 Å². The summed E-state index contributed by atoms with van der Waals surface area (Å²) in [4.78, 5) is 0. The van der Waals surface area contributed by atoms with Crippen LogP contribution in [0.15, 0.2) is 12.2 Å². The maximum Gasteiger partial charge on any atom is 0.0612 e. The molecule has 0 fully saturated rings. The summed E-state index contributed by atoms with van der Waals surface area (Å²) in [6, 6.07) is 0. The van der Waals surface area contributed by atoms with Gasteiger partial charge in [-0.2, -0.15) is 0 Å². The molecular formula is C6H11O. The minimum Gasteiger partial charge on any atom is -0.392 e. The van der Waals surface area contributed by atoms with Gasteiger partial charge >= 0.3 is 0 Å². The van der Waals surface area contributed by atoms with Crippen molar-refractivity contribution in [2.24, 2.45) is 5.92 Å². The van der Waals surface area contributed by atoms with Gasteiger partial charge in [0.15, 0.2) is 0 Å². The Hall–Kier alpha value is -0.300. The number of aliphatic hydroxyl groups excluding tert-OH is 1. The first-order valence-corrected chi connectivity index (χ1v) is 2.38.